The maximum atomic E-state index is 12.3. The molecule has 23 heavy (non-hydrogen) atoms. The number of likely N-dealkylation sites (tertiary alicyclic amines) is 1. The second-order valence-electron chi connectivity index (χ2n) is 6.46. The van der Waals surface area contributed by atoms with Gasteiger partial charge in [0.1, 0.15) is 11.3 Å². The number of aliphatic carboxylic acids is 1. The molecule has 1 aromatic rings. The van der Waals surface area contributed by atoms with Gasteiger partial charge in [-0.1, -0.05) is 0 Å². The van der Waals surface area contributed by atoms with E-state index in [1.54, 1.807) is 20.8 Å². The molecular formula is C14H20N4O5. The van der Waals surface area contributed by atoms with Gasteiger partial charge in [-0.05, 0) is 20.8 Å². The van der Waals surface area contributed by atoms with Crippen LogP contribution in [0.1, 0.15) is 37.7 Å². The first-order chi connectivity index (χ1) is 10.6. The summed E-state index contributed by atoms with van der Waals surface area (Å²) in [6.45, 7) is 5.12. The Bertz CT molecular complexity index is 607. The van der Waals surface area contributed by atoms with Crippen LogP contribution >= 0.6 is 0 Å². The van der Waals surface area contributed by atoms with Crippen LogP contribution in [-0.4, -0.2) is 62.2 Å². The molecule has 9 heteroatoms. The highest BCUT2D eigenvalue weighted by molar-refractivity contribution is 5.94. The smallest absolute Gasteiger partial charge is 0.408 e. The molecule has 1 aromatic heterocycles. The van der Waals surface area contributed by atoms with E-state index in [9.17, 15) is 19.5 Å². The van der Waals surface area contributed by atoms with Gasteiger partial charge in [0.15, 0.2) is 5.54 Å². The number of carbonyl (C=O) groups is 3. The van der Waals surface area contributed by atoms with Gasteiger partial charge < -0.3 is 25.0 Å². The molecule has 0 spiro atoms. The fraction of sp³-hybridized carbons (Fsp3) is 0.571. The molecule has 1 fully saturated rings. The largest absolute Gasteiger partial charge is 0.479 e. The van der Waals surface area contributed by atoms with E-state index in [4.69, 9.17) is 4.74 Å². The zero-order valence-electron chi connectivity index (χ0n) is 13.3. The fourth-order valence-corrected chi connectivity index (χ4v) is 2.36. The highest BCUT2D eigenvalue weighted by Gasteiger charge is 2.48. The van der Waals surface area contributed by atoms with E-state index in [1.807, 2.05) is 0 Å². The Morgan fingerprint density at radius 2 is 2.13 bits per heavy atom. The molecule has 1 aliphatic rings. The Morgan fingerprint density at radius 1 is 1.43 bits per heavy atom. The van der Waals surface area contributed by atoms with Gasteiger partial charge in [-0.15, -0.1) is 0 Å². The number of alkyl carbamates (subject to hydrolysis) is 1. The molecule has 1 saturated heterocycles. The number of carbonyl (C=O) groups excluding carboxylic acids is 2. The maximum Gasteiger partial charge on any atom is 0.408 e. The van der Waals surface area contributed by atoms with Crippen molar-refractivity contribution in [1.82, 2.24) is 20.2 Å². The van der Waals surface area contributed by atoms with Gasteiger partial charge in [-0.25, -0.2) is 14.6 Å². The number of aromatic amines is 1. The van der Waals surface area contributed by atoms with Gasteiger partial charge in [-0.2, -0.15) is 0 Å². The van der Waals surface area contributed by atoms with Gasteiger partial charge in [0, 0.05) is 13.0 Å². The first-order valence-electron chi connectivity index (χ1n) is 7.15. The summed E-state index contributed by atoms with van der Waals surface area (Å²) in [5.74, 6) is -1.57. The minimum absolute atomic E-state index is 0.0987. The van der Waals surface area contributed by atoms with Crippen LogP contribution in [0, 0.1) is 0 Å². The highest BCUT2D eigenvalue weighted by atomic mass is 16.6. The number of rotatable bonds is 3. The molecule has 0 aliphatic carbocycles. The van der Waals surface area contributed by atoms with Crippen LogP contribution in [-0.2, 0) is 9.53 Å². The monoisotopic (exact) mass is 324 g/mol. The Labute approximate surface area is 133 Å². The minimum atomic E-state index is -1.56. The molecule has 3 N–H and O–H groups in total. The number of nitrogens with zero attached hydrogens (tertiary/aromatic N) is 2. The van der Waals surface area contributed by atoms with Crippen LogP contribution in [0.2, 0.25) is 0 Å². The van der Waals surface area contributed by atoms with Crippen LogP contribution in [0.15, 0.2) is 12.5 Å². The van der Waals surface area contributed by atoms with Crippen molar-refractivity contribution < 1.29 is 24.2 Å². The molecule has 0 aromatic carbocycles. The van der Waals surface area contributed by atoms with Crippen LogP contribution in [0.25, 0.3) is 0 Å². The van der Waals surface area contributed by atoms with E-state index >= 15 is 0 Å². The number of hydrogen-bond donors (Lipinski definition) is 3. The normalized spacial score (nSPS) is 21.1. The predicted molar refractivity (Wildman–Crippen MR) is 78.8 cm³/mol. The summed E-state index contributed by atoms with van der Waals surface area (Å²) in [4.78, 5) is 43.6. The molecule has 2 rings (SSSR count). The lowest BCUT2D eigenvalue weighted by Gasteiger charge is -2.28. The van der Waals surface area contributed by atoms with Gasteiger partial charge in [0.25, 0.3) is 5.91 Å². The molecule has 2 heterocycles. The van der Waals surface area contributed by atoms with E-state index in [-0.39, 0.29) is 31.1 Å². The number of nitrogens with one attached hydrogen (secondary N) is 2. The topological polar surface area (TPSA) is 125 Å². The van der Waals surface area contributed by atoms with E-state index in [0.29, 0.717) is 0 Å². The molecule has 0 saturated carbocycles. The number of ether oxygens (including phenoxy) is 1. The lowest BCUT2D eigenvalue weighted by atomic mass is 9.99. The fourth-order valence-electron chi connectivity index (χ4n) is 2.36. The highest BCUT2D eigenvalue weighted by Crippen LogP contribution is 2.24. The summed E-state index contributed by atoms with van der Waals surface area (Å²) in [6.07, 6.45) is 2.01. The molecule has 2 amide bonds. The van der Waals surface area contributed by atoms with Crippen molar-refractivity contribution in [3.05, 3.63) is 18.2 Å². The summed E-state index contributed by atoms with van der Waals surface area (Å²) in [6, 6.07) is 0. The maximum absolute atomic E-state index is 12.3. The molecule has 9 nitrogen and oxygen atoms in total. The lowest BCUT2D eigenvalue weighted by molar-refractivity contribution is -0.144. The number of hydrogen-bond acceptors (Lipinski definition) is 5. The van der Waals surface area contributed by atoms with Crippen LogP contribution in [0.4, 0.5) is 4.79 Å². The van der Waals surface area contributed by atoms with E-state index in [0.717, 1.165) is 0 Å². The molecule has 0 bridgehead atoms. The van der Waals surface area contributed by atoms with E-state index < -0.39 is 23.2 Å². The Kier molecular flexibility index (Phi) is 4.31. The second kappa shape index (κ2) is 5.90. The van der Waals surface area contributed by atoms with Crippen molar-refractivity contribution in [3.8, 4) is 0 Å². The molecule has 0 radical (unpaired) electrons. The van der Waals surface area contributed by atoms with Crippen molar-refractivity contribution in [1.29, 1.82) is 0 Å². The van der Waals surface area contributed by atoms with Gasteiger partial charge in [-0.3, -0.25) is 4.79 Å². The Morgan fingerprint density at radius 3 is 2.65 bits per heavy atom. The zero-order chi connectivity index (χ0) is 17.3. The third kappa shape index (κ3) is 3.79. The van der Waals surface area contributed by atoms with E-state index in [2.05, 4.69) is 15.3 Å². The Hall–Kier alpha value is -2.58. The number of carboxylic acids is 1. The van der Waals surface area contributed by atoms with Crippen LogP contribution in [0.3, 0.4) is 0 Å². The average Bonchev–Trinajstić information content (AvgIpc) is 3.05. The summed E-state index contributed by atoms with van der Waals surface area (Å²) in [5.41, 5.74) is -2.03. The number of amides is 2. The second-order valence-corrected chi connectivity index (χ2v) is 6.46. The van der Waals surface area contributed by atoms with Crippen molar-refractivity contribution in [2.24, 2.45) is 0 Å². The van der Waals surface area contributed by atoms with Crippen LogP contribution in [0.5, 0.6) is 0 Å². The molecule has 1 unspecified atom stereocenters. The predicted octanol–water partition coefficient (Wildman–Crippen LogP) is 0.604. The zero-order valence-corrected chi connectivity index (χ0v) is 13.3. The molecule has 1 atom stereocenters. The van der Waals surface area contributed by atoms with Crippen molar-refractivity contribution in [3.63, 3.8) is 0 Å². The number of carboxylic acid groups (broad SMARTS) is 1. The Balaban J connectivity index is 2.10. The third-order valence-electron chi connectivity index (χ3n) is 3.43. The first-order valence-corrected chi connectivity index (χ1v) is 7.15. The average molecular weight is 324 g/mol. The quantitative estimate of drug-likeness (QED) is 0.748. The summed E-state index contributed by atoms with van der Waals surface area (Å²) in [7, 11) is 0. The number of imidazole rings is 1. The van der Waals surface area contributed by atoms with Gasteiger partial charge >= 0.3 is 12.1 Å². The summed E-state index contributed by atoms with van der Waals surface area (Å²) >= 11 is 0. The molecular weight excluding hydrogens is 304 g/mol. The van der Waals surface area contributed by atoms with Crippen molar-refractivity contribution in [2.75, 3.05) is 13.1 Å². The first kappa shape index (κ1) is 16.8. The van der Waals surface area contributed by atoms with E-state index in [1.165, 1.54) is 17.4 Å². The van der Waals surface area contributed by atoms with Gasteiger partial charge in [0.2, 0.25) is 0 Å². The van der Waals surface area contributed by atoms with Crippen LogP contribution < -0.4 is 5.32 Å². The minimum Gasteiger partial charge on any atom is -0.479 e. The van der Waals surface area contributed by atoms with Crippen molar-refractivity contribution >= 4 is 18.0 Å². The lowest BCUT2D eigenvalue weighted by Crippen LogP contribution is -2.57. The van der Waals surface area contributed by atoms with Crippen molar-refractivity contribution in [2.45, 2.75) is 38.3 Å². The third-order valence-corrected chi connectivity index (χ3v) is 3.43. The molecule has 1 aliphatic heterocycles. The number of H-pyrrole nitrogens is 1. The standard InChI is InChI=1S/C14H20N4O5/c1-13(2,3)23-12(22)17-14(11(20)21)4-5-18(7-14)10(19)9-6-15-8-16-9/h6,8H,4-5,7H2,1-3H3,(H,15,16)(H,17,22)(H,20,21). The number of aromatic nitrogens is 2. The summed E-state index contributed by atoms with van der Waals surface area (Å²) < 4.78 is 5.11. The SMILES string of the molecule is CC(C)(C)OC(=O)NC1(C(=O)O)CCN(C(=O)c2cnc[nH]2)C1. The molecule has 126 valence electrons. The summed E-state index contributed by atoms with van der Waals surface area (Å²) in [5, 5.41) is 11.9. The van der Waals surface area contributed by atoms with Gasteiger partial charge in [0.05, 0.1) is 19.1 Å².